The number of hydrogen-bond acceptors (Lipinski definition) is 6. The van der Waals surface area contributed by atoms with E-state index in [-0.39, 0.29) is 19.0 Å². The molecule has 0 bridgehead atoms. The van der Waals surface area contributed by atoms with Crippen LogP contribution in [0.15, 0.2) is 103 Å². The third-order valence-corrected chi connectivity index (χ3v) is 10.5. The molecule has 0 spiro atoms. The molecule has 0 amide bonds. The smallest absolute Gasteiger partial charge is 0.332 e. The molecule has 230 valence electrons. The second-order valence-electron chi connectivity index (χ2n) is 11.7. The fourth-order valence-electron chi connectivity index (χ4n) is 4.59. The third kappa shape index (κ3) is 7.79. The zero-order valence-corrected chi connectivity index (χ0v) is 27.0. The lowest BCUT2D eigenvalue weighted by Gasteiger charge is -2.25. The van der Waals surface area contributed by atoms with E-state index in [4.69, 9.17) is 9.47 Å². The highest BCUT2D eigenvalue weighted by molar-refractivity contribution is 7.91. The van der Waals surface area contributed by atoms with E-state index in [1.807, 2.05) is 84.9 Å². The molecule has 3 aromatic carbocycles. The minimum atomic E-state index is -4.03. The van der Waals surface area contributed by atoms with Crippen molar-refractivity contribution in [2.45, 2.75) is 45.6 Å². The van der Waals surface area contributed by atoms with Crippen LogP contribution in [0.25, 0.3) is 12.2 Å². The lowest BCUT2D eigenvalue weighted by molar-refractivity contribution is 0.0557. The highest BCUT2D eigenvalue weighted by Crippen LogP contribution is 2.38. The van der Waals surface area contributed by atoms with E-state index in [1.165, 1.54) is 6.20 Å². The Morgan fingerprint density at radius 2 is 1.57 bits per heavy atom. The Kier molecular flexibility index (Phi) is 9.57. The van der Waals surface area contributed by atoms with Crippen molar-refractivity contribution in [3.8, 4) is 5.75 Å². The van der Waals surface area contributed by atoms with Crippen LogP contribution in [0.3, 0.4) is 0 Å². The van der Waals surface area contributed by atoms with Crippen LogP contribution in [0, 0.1) is 0 Å². The largest absolute Gasteiger partial charge is 0.493 e. The van der Waals surface area contributed by atoms with Gasteiger partial charge in [0, 0.05) is 20.8 Å². The van der Waals surface area contributed by atoms with Gasteiger partial charge in [-0.2, -0.15) is 13.5 Å². The SMILES string of the molecule is C[Si](C)(C)CCN1C(O)=CN(c2ccc(C=Cc3ccnn3COCc3ccccc3)cc2OCc2ccccc2)S1(=O)=O. The second kappa shape index (κ2) is 13.5. The van der Waals surface area contributed by atoms with Gasteiger partial charge < -0.3 is 14.6 Å². The molecule has 2 heterocycles. The third-order valence-electron chi connectivity index (χ3n) is 7.06. The molecule has 0 radical (unpaired) electrons. The summed E-state index contributed by atoms with van der Waals surface area (Å²) in [5, 5.41) is 15.0. The van der Waals surface area contributed by atoms with Crippen LogP contribution in [0.5, 0.6) is 5.75 Å². The molecule has 0 saturated carbocycles. The van der Waals surface area contributed by atoms with E-state index in [2.05, 4.69) is 24.7 Å². The zero-order chi connectivity index (χ0) is 31.2. The molecular formula is C33H38N4O5SSi. The van der Waals surface area contributed by atoms with E-state index in [0.29, 0.717) is 30.8 Å². The van der Waals surface area contributed by atoms with Crippen LogP contribution in [0.2, 0.25) is 25.7 Å². The Labute approximate surface area is 260 Å². The molecule has 9 nitrogen and oxygen atoms in total. The molecular weight excluding hydrogens is 593 g/mol. The zero-order valence-electron chi connectivity index (χ0n) is 25.2. The van der Waals surface area contributed by atoms with Crippen LogP contribution in [-0.2, 0) is 34.9 Å². The van der Waals surface area contributed by atoms with E-state index < -0.39 is 18.3 Å². The summed E-state index contributed by atoms with van der Waals surface area (Å²) in [5.74, 6) is 0.0688. The molecule has 1 aliphatic heterocycles. The van der Waals surface area contributed by atoms with Crippen LogP contribution in [0.1, 0.15) is 22.4 Å². The molecule has 5 rings (SSSR count). The van der Waals surface area contributed by atoms with Gasteiger partial charge in [-0.05, 0) is 47.0 Å². The summed E-state index contributed by atoms with van der Waals surface area (Å²) < 4.78 is 43.2. The molecule has 1 N–H and O–H groups in total. The highest BCUT2D eigenvalue weighted by atomic mass is 32.2. The highest BCUT2D eigenvalue weighted by Gasteiger charge is 2.39. The van der Waals surface area contributed by atoms with Gasteiger partial charge in [0.25, 0.3) is 0 Å². The van der Waals surface area contributed by atoms with Gasteiger partial charge in [0.15, 0.2) is 0 Å². The summed E-state index contributed by atoms with van der Waals surface area (Å²) in [6.45, 7) is 7.74. The first kappa shape index (κ1) is 31.1. The van der Waals surface area contributed by atoms with Gasteiger partial charge in [0.05, 0.1) is 18.5 Å². The van der Waals surface area contributed by atoms with Crippen LogP contribution >= 0.6 is 0 Å². The van der Waals surface area contributed by atoms with Crippen molar-refractivity contribution in [3.05, 3.63) is 126 Å². The van der Waals surface area contributed by atoms with Crippen molar-refractivity contribution in [1.29, 1.82) is 0 Å². The fraction of sp³-hybridized carbons (Fsp3) is 0.242. The molecule has 11 heteroatoms. The maximum Gasteiger partial charge on any atom is 0.332 e. The number of ether oxygens (including phenoxy) is 2. The maximum atomic E-state index is 13.6. The Morgan fingerprint density at radius 1 is 0.886 bits per heavy atom. The van der Waals surface area contributed by atoms with Gasteiger partial charge >= 0.3 is 10.2 Å². The van der Waals surface area contributed by atoms with Crippen molar-refractivity contribution in [2.24, 2.45) is 0 Å². The number of aliphatic hydroxyl groups is 1. The summed E-state index contributed by atoms with van der Waals surface area (Å²) in [6, 6.07) is 27.5. The number of aliphatic hydroxyl groups excluding tert-OH is 1. The monoisotopic (exact) mass is 630 g/mol. The van der Waals surface area contributed by atoms with Crippen molar-refractivity contribution in [2.75, 3.05) is 10.8 Å². The van der Waals surface area contributed by atoms with Crippen molar-refractivity contribution in [1.82, 2.24) is 14.1 Å². The number of anilines is 1. The van der Waals surface area contributed by atoms with Crippen molar-refractivity contribution < 1.29 is 23.0 Å². The van der Waals surface area contributed by atoms with Gasteiger partial charge in [-0.3, -0.25) is 0 Å². The Hall–Kier alpha value is -4.32. The van der Waals surface area contributed by atoms with Gasteiger partial charge in [-0.1, -0.05) is 92.4 Å². The first-order valence-electron chi connectivity index (χ1n) is 14.5. The lowest BCUT2D eigenvalue weighted by atomic mass is 10.1. The Balaban J connectivity index is 1.37. The predicted octanol–water partition coefficient (Wildman–Crippen LogP) is 6.87. The molecule has 4 aromatic rings. The Morgan fingerprint density at radius 3 is 2.25 bits per heavy atom. The molecule has 0 aliphatic carbocycles. The summed E-state index contributed by atoms with van der Waals surface area (Å²) in [5.41, 5.74) is 4.00. The van der Waals surface area contributed by atoms with Crippen LogP contribution in [-0.4, -0.2) is 42.2 Å². The van der Waals surface area contributed by atoms with E-state index >= 15 is 0 Å². The van der Waals surface area contributed by atoms with Gasteiger partial charge in [0.1, 0.15) is 24.8 Å². The number of rotatable bonds is 13. The minimum absolute atomic E-state index is 0.223. The number of hydrogen-bond donors (Lipinski definition) is 1. The second-order valence-corrected chi connectivity index (χ2v) is 19.1. The summed E-state index contributed by atoms with van der Waals surface area (Å²) in [7, 11) is -5.59. The molecule has 0 saturated heterocycles. The average Bonchev–Trinajstić information content (AvgIpc) is 3.54. The van der Waals surface area contributed by atoms with Crippen molar-refractivity contribution >= 4 is 36.1 Å². The van der Waals surface area contributed by atoms with Gasteiger partial charge in [-0.25, -0.2) is 13.3 Å². The summed E-state index contributed by atoms with van der Waals surface area (Å²) >= 11 is 0. The van der Waals surface area contributed by atoms with Crippen LogP contribution < -0.4 is 9.04 Å². The topological polar surface area (TPSA) is 97.1 Å². The number of benzene rings is 3. The van der Waals surface area contributed by atoms with Gasteiger partial charge in [-0.15, -0.1) is 0 Å². The molecule has 1 aliphatic rings. The van der Waals surface area contributed by atoms with Crippen LogP contribution in [0.4, 0.5) is 5.69 Å². The number of nitrogens with zero attached hydrogens (tertiary/aromatic N) is 4. The molecule has 0 fully saturated rings. The molecule has 44 heavy (non-hydrogen) atoms. The fourth-order valence-corrected chi connectivity index (χ4v) is 7.09. The summed E-state index contributed by atoms with van der Waals surface area (Å²) in [4.78, 5) is 0. The van der Waals surface area contributed by atoms with E-state index in [9.17, 15) is 13.5 Å². The molecule has 0 atom stereocenters. The average molecular weight is 631 g/mol. The normalized spacial score (nSPS) is 14.8. The van der Waals surface area contributed by atoms with E-state index in [1.54, 1.807) is 23.0 Å². The first-order chi connectivity index (χ1) is 21.1. The Bertz CT molecular complexity index is 1720. The van der Waals surface area contributed by atoms with Crippen molar-refractivity contribution in [3.63, 3.8) is 0 Å². The quantitative estimate of drug-likeness (QED) is 0.162. The maximum absolute atomic E-state index is 13.6. The predicted molar refractivity (Wildman–Crippen MR) is 177 cm³/mol. The minimum Gasteiger partial charge on any atom is -0.493 e. The van der Waals surface area contributed by atoms with E-state index in [0.717, 1.165) is 31.0 Å². The van der Waals surface area contributed by atoms with Gasteiger partial charge in [0.2, 0.25) is 5.88 Å². The lowest BCUT2D eigenvalue weighted by Crippen LogP contribution is -2.37. The summed E-state index contributed by atoms with van der Waals surface area (Å²) in [6.07, 6.45) is 6.79. The molecule has 1 aromatic heterocycles. The number of aromatic nitrogens is 2. The standard InChI is InChI=1S/C33H38N4O5SSi/c1-44(2,3)21-20-36-33(38)23-37(43(36,39)40)31-17-15-27(22-32(31)42-25-29-12-8-5-9-13-29)14-16-30-18-19-34-35(30)26-41-24-28-10-6-4-7-11-28/h4-19,22-23,38H,20-21,24-26H2,1-3H3. The molecule has 0 unspecified atom stereocenters. The first-order valence-corrected chi connectivity index (χ1v) is 19.6.